The summed E-state index contributed by atoms with van der Waals surface area (Å²) in [5.74, 6) is -0.368. The predicted octanol–water partition coefficient (Wildman–Crippen LogP) is 1.05. The van der Waals surface area contributed by atoms with Crippen LogP contribution in [-0.4, -0.2) is 39.1 Å². The van der Waals surface area contributed by atoms with Crippen molar-refractivity contribution in [3.63, 3.8) is 0 Å². The molecule has 0 aliphatic carbocycles. The first-order valence-electron chi connectivity index (χ1n) is 5.98. The molecule has 3 N–H and O–H groups in total. The number of nitrogens with one attached hydrogen (secondary N) is 2. The molecular formula is C13H18BN2O4. The number of methoxy groups -OCH3 is 1. The SMILES string of the molecule is CO[B]Nc1ccc(C)cc1NC(=O)/C=C/C(O)OC. The van der Waals surface area contributed by atoms with E-state index in [0.717, 1.165) is 5.56 Å². The van der Waals surface area contributed by atoms with Gasteiger partial charge in [-0.3, -0.25) is 4.79 Å². The number of hydrogen-bond donors (Lipinski definition) is 3. The van der Waals surface area contributed by atoms with Crippen LogP contribution in [0.2, 0.25) is 0 Å². The molecule has 0 saturated carbocycles. The summed E-state index contributed by atoms with van der Waals surface area (Å²) in [4.78, 5) is 11.7. The molecule has 1 aromatic carbocycles. The summed E-state index contributed by atoms with van der Waals surface area (Å²) in [6, 6.07) is 5.56. The minimum atomic E-state index is -1.10. The monoisotopic (exact) mass is 277 g/mol. The first-order chi connectivity index (χ1) is 9.56. The summed E-state index contributed by atoms with van der Waals surface area (Å²) >= 11 is 0. The average Bonchev–Trinajstić information content (AvgIpc) is 2.44. The first-order valence-corrected chi connectivity index (χ1v) is 5.98. The second-order valence-corrected chi connectivity index (χ2v) is 4.02. The van der Waals surface area contributed by atoms with Gasteiger partial charge in [0.25, 0.3) is 0 Å². The van der Waals surface area contributed by atoms with Crippen molar-refractivity contribution in [2.45, 2.75) is 13.2 Å². The summed E-state index contributed by atoms with van der Waals surface area (Å²) in [6.07, 6.45) is 1.36. The number of aliphatic hydroxyl groups is 1. The molecule has 7 heteroatoms. The Hall–Kier alpha value is -1.83. The van der Waals surface area contributed by atoms with Crippen LogP contribution in [0, 0.1) is 6.92 Å². The molecule has 0 spiro atoms. The van der Waals surface area contributed by atoms with Gasteiger partial charge in [0, 0.05) is 26.0 Å². The second-order valence-electron chi connectivity index (χ2n) is 4.02. The topological polar surface area (TPSA) is 79.8 Å². The maximum Gasteiger partial charge on any atom is 0.436 e. The highest BCUT2D eigenvalue weighted by Crippen LogP contribution is 2.22. The highest BCUT2D eigenvalue weighted by molar-refractivity contribution is 6.33. The van der Waals surface area contributed by atoms with Gasteiger partial charge in [0.2, 0.25) is 5.91 Å². The molecule has 0 aliphatic heterocycles. The second kappa shape index (κ2) is 8.37. The lowest BCUT2D eigenvalue weighted by Gasteiger charge is -2.12. The number of anilines is 2. The van der Waals surface area contributed by atoms with Crippen molar-refractivity contribution < 1.29 is 19.3 Å². The summed E-state index contributed by atoms with van der Waals surface area (Å²) in [7, 11) is 4.27. The Morgan fingerprint density at radius 3 is 2.80 bits per heavy atom. The summed E-state index contributed by atoms with van der Waals surface area (Å²) in [6.45, 7) is 1.92. The van der Waals surface area contributed by atoms with Crippen molar-refractivity contribution >= 4 is 24.9 Å². The van der Waals surface area contributed by atoms with E-state index in [-0.39, 0.29) is 5.91 Å². The lowest BCUT2D eigenvalue weighted by atomic mass is 10.1. The van der Waals surface area contributed by atoms with Gasteiger partial charge in [-0.05, 0) is 30.7 Å². The highest BCUT2D eigenvalue weighted by Gasteiger charge is 2.06. The Morgan fingerprint density at radius 2 is 2.15 bits per heavy atom. The largest absolute Gasteiger partial charge is 0.436 e. The zero-order valence-corrected chi connectivity index (χ0v) is 11.7. The Morgan fingerprint density at radius 1 is 1.40 bits per heavy atom. The smallest absolute Gasteiger partial charge is 0.422 e. The van der Waals surface area contributed by atoms with E-state index in [1.807, 2.05) is 25.1 Å². The molecule has 1 aromatic rings. The third kappa shape index (κ3) is 5.44. The van der Waals surface area contributed by atoms with Crippen molar-refractivity contribution in [3.8, 4) is 0 Å². The van der Waals surface area contributed by atoms with Gasteiger partial charge in [-0.1, -0.05) is 6.07 Å². The molecule has 1 atom stereocenters. The molecule has 0 aliphatic rings. The number of rotatable bonds is 7. The van der Waals surface area contributed by atoms with Crippen molar-refractivity contribution in [2.75, 3.05) is 24.8 Å². The lowest BCUT2D eigenvalue weighted by Crippen LogP contribution is -2.14. The molecule has 107 valence electrons. The number of hydrogen-bond acceptors (Lipinski definition) is 5. The molecule has 6 nitrogen and oxygen atoms in total. The molecule has 0 bridgehead atoms. The van der Waals surface area contributed by atoms with E-state index in [1.54, 1.807) is 0 Å². The minimum absolute atomic E-state index is 0.368. The average molecular weight is 277 g/mol. The molecule has 1 rings (SSSR count). The predicted molar refractivity (Wildman–Crippen MR) is 78.4 cm³/mol. The van der Waals surface area contributed by atoms with Crippen LogP contribution in [0.5, 0.6) is 0 Å². The third-order valence-electron chi connectivity index (χ3n) is 2.42. The molecule has 0 aromatic heterocycles. The van der Waals surface area contributed by atoms with E-state index in [2.05, 4.69) is 15.3 Å². The number of amides is 1. The minimum Gasteiger partial charge on any atom is -0.422 e. The quantitative estimate of drug-likeness (QED) is 0.394. The van der Waals surface area contributed by atoms with E-state index in [1.165, 1.54) is 34.0 Å². The van der Waals surface area contributed by atoms with Crippen LogP contribution in [0.3, 0.4) is 0 Å². The standard InChI is InChI=1S/C13H18BN2O4/c1-9-4-5-10(16-14-20-3)11(8-9)15-12(17)6-7-13(18)19-2/h4-8,13,16,18H,1-3H3,(H,15,17)/b7-6+. The van der Waals surface area contributed by atoms with Crippen LogP contribution in [0.25, 0.3) is 0 Å². The van der Waals surface area contributed by atoms with Crippen LogP contribution in [0.4, 0.5) is 11.4 Å². The number of carbonyl (C=O) groups is 1. The Labute approximate surface area is 119 Å². The van der Waals surface area contributed by atoms with E-state index < -0.39 is 6.29 Å². The number of aryl methyl sites for hydroxylation is 1. The van der Waals surface area contributed by atoms with Gasteiger partial charge in [-0.15, -0.1) is 0 Å². The van der Waals surface area contributed by atoms with E-state index in [0.29, 0.717) is 11.4 Å². The van der Waals surface area contributed by atoms with Gasteiger partial charge in [-0.2, -0.15) is 0 Å². The molecule has 1 unspecified atom stereocenters. The van der Waals surface area contributed by atoms with Crippen LogP contribution in [0.1, 0.15) is 5.56 Å². The van der Waals surface area contributed by atoms with Gasteiger partial charge in [0.1, 0.15) is 0 Å². The van der Waals surface area contributed by atoms with Crippen molar-refractivity contribution in [2.24, 2.45) is 0 Å². The summed E-state index contributed by atoms with van der Waals surface area (Å²) in [5, 5.41) is 14.8. The maximum absolute atomic E-state index is 11.7. The zero-order chi connectivity index (χ0) is 15.0. The molecule has 1 amide bonds. The van der Waals surface area contributed by atoms with Gasteiger partial charge < -0.3 is 25.0 Å². The fourth-order valence-electron chi connectivity index (χ4n) is 1.43. The van der Waals surface area contributed by atoms with Crippen LogP contribution < -0.4 is 10.5 Å². The molecule has 1 radical (unpaired) electrons. The number of ether oxygens (including phenoxy) is 1. The van der Waals surface area contributed by atoms with Gasteiger partial charge in [-0.25, -0.2) is 0 Å². The van der Waals surface area contributed by atoms with Crippen LogP contribution >= 0.6 is 0 Å². The molecule has 0 saturated heterocycles. The van der Waals surface area contributed by atoms with Gasteiger partial charge in [0.05, 0.1) is 5.69 Å². The van der Waals surface area contributed by atoms with E-state index in [9.17, 15) is 4.79 Å². The first kappa shape index (κ1) is 16.2. The van der Waals surface area contributed by atoms with Gasteiger partial charge in [0.15, 0.2) is 6.29 Å². The Balaban J connectivity index is 2.76. The Bertz CT molecular complexity index is 479. The summed E-state index contributed by atoms with van der Waals surface area (Å²) < 4.78 is 9.42. The van der Waals surface area contributed by atoms with Crippen molar-refractivity contribution in [3.05, 3.63) is 35.9 Å². The van der Waals surface area contributed by atoms with Crippen molar-refractivity contribution in [1.29, 1.82) is 0 Å². The maximum atomic E-state index is 11.7. The fraction of sp³-hybridized carbons (Fsp3) is 0.308. The van der Waals surface area contributed by atoms with E-state index in [4.69, 9.17) is 9.76 Å². The van der Waals surface area contributed by atoms with Crippen LogP contribution in [0.15, 0.2) is 30.4 Å². The number of aliphatic hydroxyl groups excluding tert-OH is 1. The molecular weight excluding hydrogens is 259 g/mol. The fourth-order valence-corrected chi connectivity index (χ4v) is 1.43. The van der Waals surface area contributed by atoms with Crippen LogP contribution in [-0.2, 0) is 14.2 Å². The zero-order valence-electron chi connectivity index (χ0n) is 11.7. The van der Waals surface area contributed by atoms with Crippen molar-refractivity contribution in [1.82, 2.24) is 0 Å². The highest BCUT2D eigenvalue weighted by atomic mass is 16.6. The molecule has 20 heavy (non-hydrogen) atoms. The third-order valence-corrected chi connectivity index (χ3v) is 2.42. The number of carbonyl (C=O) groups excluding carboxylic acids is 1. The Kier molecular flexibility index (Phi) is 6.79. The summed E-state index contributed by atoms with van der Waals surface area (Å²) in [5.41, 5.74) is 2.32. The van der Waals surface area contributed by atoms with Gasteiger partial charge >= 0.3 is 7.62 Å². The number of benzene rings is 1. The van der Waals surface area contributed by atoms with E-state index >= 15 is 0 Å². The molecule has 0 heterocycles. The normalized spacial score (nSPS) is 12.2. The lowest BCUT2D eigenvalue weighted by molar-refractivity contribution is -0.112. The molecule has 0 fully saturated rings.